The normalized spacial score (nSPS) is 22.3. The van der Waals surface area contributed by atoms with Gasteiger partial charge in [-0.2, -0.15) is 0 Å². The molecule has 1 aromatic heterocycles. The molecule has 0 radical (unpaired) electrons. The number of amides is 2. The molecule has 1 saturated heterocycles. The third kappa shape index (κ3) is 1.92. The third-order valence-electron chi connectivity index (χ3n) is 4.72. The number of likely N-dealkylation sites (tertiary alicyclic amines) is 1. The van der Waals surface area contributed by atoms with Gasteiger partial charge in [0.15, 0.2) is 0 Å². The fourth-order valence-electron chi connectivity index (χ4n) is 3.61. The largest absolute Gasteiger partial charge is 0.465 e. The second-order valence-electron chi connectivity index (χ2n) is 6.08. The first-order valence-electron chi connectivity index (χ1n) is 7.50. The number of nitrogens with zero attached hydrogens (tertiary/aromatic N) is 3. The Morgan fingerprint density at radius 2 is 2.08 bits per heavy atom. The predicted molar refractivity (Wildman–Crippen MR) is 85.9 cm³/mol. The summed E-state index contributed by atoms with van der Waals surface area (Å²) in [6, 6.07) is 3.78. The van der Waals surface area contributed by atoms with Gasteiger partial charge in [-0.3, -0.25) is 9.78 Å². The van der Waals surface area contributed by atoms with Gasteiger partial charge in [-0.25, -0.2) is 9.79 Å². The number of pyridine rings is 1. The van der Waals surface area contributed by atoms with Crippen LogP contribution in [-0.2, 0) is 4.79 Å². The minimum Gasteiger partial charge on any atom is -0.465 e. The first-order valence-corrected chi connectivity index (χ1v) is 7.50. The van der Waals surface area contributed by atoms with Crippen molar-refractivity contribution in [3.05, 3.63) is 46.6 Å². The maximum atomic E-state index is 11.7. The number of nitrogens with two attached hydrogens (primary N) is 2. The summed E-state index contributed by atoms with van der Waals surface area (Å²) in [5.41, 5.74) is 14.5. The van der Waals surface area contributed by atoms with E-state index >= 15 is 0 Å². The van der Waals surface area contributed by atoms with Crippen molar-refractivity contribution in [2.24, 2.45) is 22.4 Å². The van der Waals surface area contributed by atoms with Crippen LogP contribution in [0.5, 0.6) is 0 Å². The predicted octanol–water partition coefficient (Wildman–Crippen LogP) is 0.282. The van der Waals surface area contributed by atoms with Crippen molar-refractivity contribution in [3.63, 3.8) is 0 Å². The van der Waals surface area contributed by atoms with Crippen LogP contribution < -0.4 is 11.5 Å². The summed E-state index contributed by atoms with van der Waals surface area (Å²) in [6.07, 6.45) is 2.51. The zero-order valence-electron chi connectivity index (χ0n) is 12.6. The molecule has 24 heavy (non-hydrogen) atoms. The molecule has 122 valence electrons. The number of carbonyl (C=O) groups excluding carboxylic acids is 1. The lowest BCUT2D eigenvalue weighted by atomic mass is 9.72. The van der Waals surface area contributed by atoms with E-state index in [1.54, 1.807) is 12.3 Å². The van der Waals surface area contributed by atoms with Crippen LogP contribution in [0, 0.1) is 5.92 Å². The number of aliphatic imine (C=N–C) groups is 1. The quantitative estimate of drug-likeness (QED) is 0.718. The molecule has 0 saturated carbocycles. The van der Waals surface area contributed by atoms with Gasteiger partial charge in [-0.1, -0.05) is 6.07 Å². The lowest BCUT2D eigenvalue weighted by Crippen LogP contribution is -2.53. The van der Waals surface area contributed by atoms with E-state index in [4.69, 9.17) is 16.6 Å². The Hall–Kier alpha value is -3.16. The van der Waals surface area contributed by atoms with Crippen molar-refractivity contribution in [3.8, 4) is 0 Å². The maximum Gasteiger partial charge on any atom is 0.407 e. The average Bonchev–Trinajstić information content (AvgIpc) is 2.80. The van der Waals surface area contributed by atoms with E-state index in [1.807, 2.05) is 12.1 Å². The van der Waals surface area contributed by atoms with Gasteiger partial charge in [0.1, 0.15) is 5.82 Å². The van der Waals surface area contributed by atoms with Gasteiger partial charge in [0.05, 0.1) is 17.0 Å². The Morgan fingerprint density at radius 3 is 2.75 bits per heavy atom. The first kappa shape index (κ1) is 14.4. The minimum absolute atomic E-state index is 0.0616. The fourth-order valence-corrected chi connectivity index (χ4v) is 3.61. The van der Waals surface area contributed by atoms with Crippen molar-refractivity contribution >= 4 is 23.8 Å². The standard InChI is InChI=1S/C16H15N5O3/c17-14-12(15(18)22)9-4-10-8(2-1-3-19-10)11(13(9)20-14)7-5-21(6-7)16(23)24/h1-4,7,11H,5-6,17H2,(H2,18,22)(H,23,24). The number of hydrogen-bond acceptors (Lipinski definition) is 5. The molecule has 1 aliphatic carbocycles. The van der Waals surface area contributed by atoms with E-state index in [9.17, 15) is 9.59 Å². The van der Waals surface area contributed by atoms with Crippen molar-refractivity contribution in [2.45, 2.75) is 5.92 Å². The second kappa shape index (κ2) is 4.92. The minimum atomic E-state index is -0.937. The number of primary amides is 1. The van der Waals surface area contributed by atoms with E-state index < -0.39 is 12.0 Å². The van der Waals surface area contributed by atoms with Crippen LogP contribution in [0.15, 0.2) is 40.3 Å². The van der Waals surface area contributed by atoms with Crippen LogP contribution >= 0.6 is 0 Å². The highest BCUT2D eigenvalue weighted by Crippen LogP contribution is 2.44. The number of fused-ring (bicyclic) bond motifs is 2. The van der Waals surface area contributed by atoms with Gasteiger partial charge in [0.25, 0.3) is 5.91 Å². The summed E-state index contributed by atoms with van der Waals surface area (Å²) in [4.78, 5) is 32.9. The molecule has 8 heteroatoms. The second-order valence-corrected chi connectivity index (χ2v) is 6.08. The van der Waals surface area contributed by atoms with Crippen molar-refractivity contribution in [1.29, 1.82) is 0 Å². The van der Waals surface area contributed by atoms with E-state index in [2.05, 4.69) is 9.98 Å². The first-order chi connectivity index (χ1) is 11.5. The number of rotatable bonds is 2. The lowest BCUT2D eigenvalue weighted by Gasteiger charge is -2.43. The van der Waals surface area contributed by atoms with Crippen LogP contribution in [0.2, 0.25) is 0 Å². The highest BCUT2D eigenvalue weighted by atomic mass is 16.4. The highest BCUT2D eigenvalue weighted by Gasteiger charge is 2.45. The molecule has 5 N–H and O–H groups in total. The zero-order valence-corrected chi connectivity index (χ0v) is 12.6. The Morgan fingerprint density at radius 1 is 1.33 bits per heavy atom. The van der Waals surface area contributed by atoms with Gasteiger partial charge in [-0.15, -0.1) is 0 Å². The molecule has 4 rings (SSSR count). The molecule has 0 bridgehead atoms. The molecular weight excluding hydrogens is 310 g/mol. The molecular formula is C16H15N5O3. The molecule has 0 aromatic carbocycles. The van der Waals surface area contributed by atoms with E-state index in [0.29, 0.717) is 24.4 Å². The molecule has 2 aliphatic heterocycles. The molecule has 0 spiro atoms. The molecule has 3 heterocycles. The topological polar surface area (TPSA) is 135 Å². The van der Waals surface area contributed by atoms with E-state index in [1.165, 1.54) is 4.90 Å². The highest BCUT2D eigenvalue weighted by molar-refractivity contribution is 6.23. The maximum absolute atomic E-state index is 11.7. The van der Waals surface area contributed by atoms with Crippen LogP contribution in [0.4, 0.5) is 4.79 Å². The molecule has 8 nitrogen and oxygen atoms in total. The molecule has 3 aliphatic rings. The van der Waals surface area contributed by atoms with Gasteiger partial charge in [-0.05, 0) is 17.7 Å². The molecule has 2 amide bonds. The Kier molecular flexibility index (Phi) is 2.96. The Balaban J connectivity index is 1.78. The van der Waals surface area contributed by atoms with Crippen LogP contribution in [0.3, 0.4) is 0 Å². The number of aromatic nitrogens is 1. The van der Waals surface area contributed by atoms with Gasteiger partial charge >= 0.3 is 6.09 Å². The van der Waals surface area contributed by atoms with E-state index in [0.717, 1.165) is 11.3 Å². The van der Waals surface area contributed by atoms with E-state index in [-0.39, 0.29) is 23.2 Å². The van der Waals surface area contributed by atoms with Gasteiger partial charge < -0.3 is 21.5 Å². The monoisotopic (exact) mass is 325 g/mol. The summed E-state index contributed by atoms with van der Waals surface area (Å²) in [5.74, 6) is -0.612. The third-order valence-corrected chi connectivity index (χ3v) is 4.72. The average molecular weight is 325 g/mol. The molecule has 1 unspecified atom stereocenters. The summed E-state index contributed by atoms with van der Waals surface area (Å²) in [6.45, 7) is 0.818. The summed E-state index contributed by atoms with van der Waals surface area (Å²) in [5, 5.41) is 9.07. The fraction of sp³-hybridized carbons (Fsp3) is 0.250. The van der Waals surface area contributed by atoms with Crippen molar-refractivity contribution in [2.75, 3.05) is 13.1 Å². The van der Waals surface area contributed by atoms with Crippen LogP contribution in [0.1, 0.15) is 17.2 Å². The van der Waals surface area contributed by atoms with Crippen molar-refractivity contribution in [1.82, 2.24) is 9.88 Å². The van der Waals surface area contributed by atoms with Crippen LogP contribution in [-0.4, -0.2) is 45.8 Å². The molecule has 1 aromatic rings. The van der Waals surface area contributed by atoms with Gasteiger partial charge in [0, 0.05) is 36.7 Å². The summed E-state index contributed by atoms with van der Waals surface area (Å²) in [7, 11) is 0. The molecule has 1 fully saturated rings. The lowest BCUT2D eigenvalue weighted by molar-refractivity contribution is -0.114. The number of carboxylic acid groups (broad SMARTS) is 1. The number of carbonyl (C=O) groups is 2. The molecule has 1 atom stereocenters. The zero-order chi connectivity index (χ0) is 17.0. The van der Waals surface area contributed by atoms with Crippen LogP contribution in [0.25, 0.3) is 6.08 Å². The summed E-state index contributed by atoms with van der Waals surface area (Å²) >= 11 is 0. The SMILES string of the molecule is NC(=O)C1=C(N)N=C2C1=Cc1ncccc1C2C1CN(C(=O)O)C1. The van der Waals surface area contributed by atoms with Gasteiger partial charge in [0.2, 0.25) is 0 Å². The Labute approximate surface area is 137 Å². The summed E-state index contributed by atoms with van der Waals surface area (Å²) < 4.78 is 0. The Bertz CT molecular complexity index is 864. The van der Waals surface area contributed by atoms with Crippen molar-refractivity contribution < 1.29 is 14.7 Å². The smallest absolute Gasteiger partial charge is 0.407 e. The number of hydrogen-bond donors (Lipinski definition) is 3.